The van der Waals surface area contributed by atoms with Crippen molar-refractivity contribution in [1.82, 2.24) is 9.55 Å². The Bertz CT molecular complexity index is 1130. The van der Waals surface area contributed by atoms with Gasteiger partial charge in [0.15, 0.2) is 0 Å². The van der Waals surface area contributed by atoms with Crippen molar-refractivity contribution in [3.05, 3.63) is 72.6 Å². The Labute approximate surface area is 162 Å². The summed E-state index contributed by atoms with van der Waals surface area (Å²) in [5, 5.41) is 12.7. The Morgan fingerprint density at radius 3 is 2.68 bits per heavy atom. The highest BCUT2D eigenvalue weighted by Crippen LogP contribution is 2.25. The number of hydrogen-bond acceptors (Lipinski definition) is 4. The molecule has 142 valence electrons. The van der Waals surface area contributed by atoms with Crippen LogP contribution >= 0.6 is 0 Å². The van der Waals surface area contributed by atoms with Crippen molar-refractivity contribution < 1.29 is 14.6 Å². The second-order valence-electron chi connectivity index (χ2n) is 6.71. The third-order valence-corrected chi connectivity index (χ3v) is 4.64. The summed E-state index contributed by atoms with van der Waals surface area (Å²) in [5.74, 6) is 0.806. The molecule has 6 heteroatoms. The van der Waals surface area contributed by atoms with Crippen LogP contribution in [0, 0.1) is 0 Å². The van der Waals surface area contributed by atoms with Gasteiger partial charge in [-0.05, 0) is 23.6 Å². The third-order valence-electron chi connectivity index (χ3n) is 4.64. The summed E-state index contributed by atoms with van der Waals surface area (Å²) in [5.41, 5.74) is 6.97. The summed E-state index contributed by atoms with van der Waals surface area (Å²) in [4.78, 5) is 15.9. The molecule has 0 unspecified atom stereocenters. The number of aliphatic hydroxyl groups excluding tert-OH is 1. The number of imidazole rings is 1. The summed E-state index contributed by atoms with van der Waals surface area (Å²) in [7, 11) is 0. The first-order valence-corrected chi connectivity index (χ1v) is 9.13. The molecule has 0 saturated carbocycles. The molecule has 0 radical (unpaired) electrons. The summed E-state index contributed by atoms with van der Waals surface area (Å²) >= 11 is 0. The van der Waals surface area contributed by atoms with Gasteiger partial charge < -0.3 is 20.1 Å². The first kappa shape index (κ1) is 18.0. The van der Waals surface area contributed by atoms with Crippen molar-refractivity contribution in [3.63, 3.8) is 0 Å². The number of fused-ring (bicyclic) bond motifs is 2. The summed E-state index contributed by atoms with van der Waals surface area (Å²) in [6.07, 6.45) is -0.755. The fraction of sp³-hybridized carbons (Fsp3) is 0.182. The van der Waals surface area contributed by atoms with Gasteiger partial charge in [0.05, 0.1) is 24.0 Å². The number of rotatable bonds is 7. The van der Waals surface area contributed by atoms with Crippen molar-refractivity contribution in [2.45, 2.75) is 19.1 Å². The number of nitrogens with zero attached hydrogens (tertiary/aromatic N) is 2. The van der Waals surface area contributed by atoms with Crippen LogP contribution in [-0.2, 0) is 17.8 Å². The van der Waals surface area contributed by atoms with E-state index in [1.807, 2.05) is 71.3 Å². The van der Waals surface area contributed by atoms with Crippen molar-refractivity contribution >= 4 is 27.7 Å². The smallest absolute Gasteiger partial charge is 0.225 e. The Morgan fingerprint density at radius 2 is 1.82 bits per heavy atom. The molecule has 4 aromatic rings. The van der Waals surface area contributed by atoms with Crippen LogP contribution in [0.5, 0.6) is 5.75 Å². The van der Waals surface area contributed by atoms with Gasteiger partial charge >= 0.3 is 0 Å². The summed E-state index contributed by atoms with van der Waals surface area (Å²) < 4.78 is 7.72. The van der Waals surface area contributed by atoms with E-state index < -0.39 is 12.0 Å². The van der Waals surface area contributed by atoms with E-state index in [0.717, 1.165) is 27.6 Å². The molecule has 0 aliphatic carbocycles. The quantitative estimate of drug-likeness (QED) is 0.520. The summed E-state index contributed by atoms with van der Waals surface area (Å²) in [6.45, 7) is 0.379. The molecule has 3 aromatic carbocycles. The van der Waals surface area contributed by atoms with E-state index in [1.165, 1.54) is 0 Å². The average molecular weight is 375 g/mol. The van der Waals surface area contributed by atoms with E-state index in [2.05, 4.69) is 4.98 Å². The number of hydrogen-bond donors (Lipinski definition) is 2. The molecular formula is C22H21N3O3. The van der Waals surface area contributed by atoms with E-state index in [1.54, 1.807) is 0 Å². The molecule has 4 rings (SSSR count). The van der Waals surface area contributed by atoms with Gasteiger partial charge in [0.1, 0.15) is 24.3 Å². The van der Waals surface area contributed by atoms with E-state index in [0.29, 0.717) is 5.82 Å². The van der Waals surface area contributed by atoms with Crippen molar-refractivity contribution in [3.8, 4) is 5.75 Å². The Kier molecular flexibility index (Phi) is 4.95. The van der Waals surface area contributed by atoms with Gasteiger partial charge in [-0.25, -0.2) is 4.98 Å². The number of aliphatic hydroxyl groups is 1. The van der Waals surface area contributed by atoms with Gasteiger partial charge in [-0.1, -0.05) is 48.5 Å². The van der Waals surface area contributed by atoms with Crippen LogP contribution < -0.4 is 10.5 Å². The second kappa shape index (κ2) is 7.70. The van der Waals surface area contributed by atoms with Crippen molar-refractivity contribution in [1.29, 1.82) is 0 Å². The predicted octanol–water partition coefficient (Wildman–Crippen LogP) is 2.66. The molecule has 28 heavy (non-hydrogen) atoms. The lowest BCUT2D eigenvalue weighted by molar-refractivity contribution is -0.117. The Morgan fingerprint density at radius 1 is 1.07 bits per heavy atom. The van der Waals surface area contributed by atoms with Crippen molar-refractivity contribution in [2.75, 3.05) is 6.61 Å². The predicted molar refractivity (Wildman–Crippen MR) is 108 cm³/mol. The summed E-state index contributed by atoms with van der Waals surface area (Å²) in [6, 6.07) is 21.3. The lowest BCUT2D eigenvalue weighted by atomic mass is 10.1. The largest absolute Gasteiger partial charge is 0.490 e. The van der Waals surface area contributed by atoms with E-state index in [4.69, 9.17) is 10.5 Å². The van der Waals surface area contributed by atoms with Crippen LogP contribution in [-0.4, -0.2) is 33.3 Å². The van der Waals surface area contributed by atoms with Gasteiger partial charge in [-0.3, -0.25) is 4.79 Å². The molecule has 1 aromatic heterocycles. The molecule has 0 bridgehead atoms. The number of carbonyl (C=O) groups is 1. The number of nitrogens with two attached hydrogens (primary N) is 1. The van der Waals surface area contributed by atoms with Gasteiger partial charge in [0.25, 0.3) is 0 Å². The van der Waals surface area contributed by atoms with Crippen LogP contribution in [0.2, 0.25) is 0 Å². The molecule has 0 saturated heterocycles. The average Bonchev–Trinajstić information content (AvgIpc) is 3.02. The van der Waals surface area contributed by atoms with Crippen LogP contribution in [0.4, 0.5) is 0 Å². The zero-order valence-corrected chi connectivity index (χ0v) is 15.3. The molecule has 0 aliphatic heterocycles. The minimum Gasteiger partial charge on any atom is -0.490 e. The topological polar surface area (TPSA) is 90.4 Å². The fourth-order valence-electron chi connectivity index (χ4n) is 3.39. The van der Waals surface area contributed by atoms with E-state index >= 15 is 0 Å². The number of aromatic nitrogens is 2. The standard InChI is InChI=1S/C22H21N3O3/c23-21(27)12-22-24-18-9-3-4-10-19(18)25(22)13-16(26)14-28-20-11-5-7-15-6-1-2-8-17(15)20/h1-11,16,26H,12-14H2,(H2,23,27)/t16-/m1/s1. The number of para-hydroxylation sites is 2. The lowest BCUT2D eigenvalue weighted by Gasteiger charge is -2.16. The molecule has 1 atom stereocenters. The highest BCUT2D eigenvalue weighted by Gasteiger charge is 2.16. The van der Waals surface area contributed by atoms with Gasteiger partial charge in [0, 0.05) is 5.39 Å². The molecule has 0 spiro atoms. The van der Waals surface area contributed by atoms with Gasteiger partial charge in [-0.15, -0.1) is 0 Å². The zero-order valence-electron chi connectivity index (χ0n) is 15.3. The minimum atomic E-state index is -0.775. The molecule has 0 aliphatic rings. The maximum absolute atomic E-state index is 11.4. The van der Waals surface area contributed by atoms with Gasteiger partial charge in [0.2, 0.25) is 5.91 Å². The maximum Gasteiger partial charge on any atom is 0.225 e. The van der Waals surface area contributed by atoms with Crippen LogP contribution in [0.25, 0.3) is 21.8 Å². The third kappa shape index (κ3) is 3.68. The zero-order chi connectivity index (χ0) is 19.5. The lowest BCUT2D eigenvalue weighted by Crippen LogP contribution is -2.26. The monoisotopic (exact) mass is 375 g/mol. The molecule has 3 N–H and O–H groups in total. The Hall–Kier alpha value is -3.38. The van der Waals surface area contributed by atoms with Crippen LogP contribution in [0.15, 0.2) is 66.7 Å². The number of benzene rings is 3. The highest BCUT2D eigenvalue weighted by molar-refractivity contribution is 5.88. The van der Waals surface area contributed by atoms with E-state index in [-0.39, 0.29) is 19.6 Å². The highest BCUT2D eigenvalue weighted by atomic mass is 16.5. The molecule has 1 heterocycles. The van der Waals surface area contributed by atoms with Crippen molar-refractivity contribution in [2.24, 2.45) is 5.73 Å². The van der Waals surface area contributed by atoms with Crippen LogP contribution in [0.1, 0.15) is 5.82 Å². The first-order chi connectivity index (χ1) is 13.6. The number of amides is 1. The SMILES string of the molecule is NC(=O)Cc1nc2ccccc2n1C[C@@H](O)COc1cccc2ccccc12. The Balaban J connectivity index is 1.53. The number of carbonyl (C=O) groups excluding carboxylic acids is 1. The number of primary amides is 1. The normalized spacial score (nSPS) is 12.3. The van der Waals surface area contributed by atoms with Gasteiger partial charge in [-0.2, -0.15) is 0 Å². The molecule has 1 amide bonds. The van der Waals surface area contributed by atoms with Crippen LogP contribution in [0.3, 0.4) is 0 Å². The maximum atomic E-state index is 11.4. The molecular weight excluding hydrogens is 354 g/mol. The minimum absolute atomic E-state index is 0.0194. The number of ether oxygens (including phenoxy) is 1. The second-order valence-corrected chi connectivity index (χ2v) is 6.71. The molecule has 6 nitrogen and oxygen atoms in total. The van der Waals surface area contributed by atoms with E-state index in [9.17, 15) is 9.90 Å². The first-order valence-electron chi connectivity index (χ1n) is 9.13. The fourth-order valence-corrected chi connectivity index (χ4v) is 3.39. The molecule has 0 fully saturated rings.